The van der Waals surface area contributed by atoms with Crippen LogP contribution in [0.3, 0.4) is 0 Å². The Labute approximate surface area is 77.4 Å². The fourth-order valence-corrected chi connectivity index (χ4v) is 1.20. The van der Waals surface area contributed by atoms with Gasteiger partial charge in [0.2, 0.25) is 0 Å². The van der Waals surface area contributed by atoms with E-state index in [0.717, 1.165) is 0 Å². The highest BCUT2D eigenvalue weighted by atomic mass is 35.5. The van der Waals surface area contributed by atoms with E-state index in [9.17, 15) is 4.79 Å². The Balaban J connectivity index is 2.79. The minimum atomic E-state index is -1.08. The number of pyridine rings is 1. The predicted octanol–water partition coefficient (Wildman–Crippen LogP) is 1.31. The summed E-state index contributed by atoms with van der Waals surface area (Å²) in [7, 11) is 0. The molecule has 0 saturated carbocycles. The van der Waals surface area contributed by atoms with Crippen LogP contribution in [0.2, 0.25) is 5.02 Å². The lowest BCUT2D eigenvalue weighted by atomic mass is 10.3. The van der Waals surface area contributed by atoms with Crippen molar-refractivity contribution in [2.24, 2.45) is 0 Å². The van der Waals surface area contributed by atoms with Crippen LogP contribution in [0.25, 0.3) is 11.0 Å². The molecule has 0 amide bonds. The number of halogens is 1. The van der Waals surface area contributed by atoms with Crippen molar-refractivity contribution in [3.8, 4) is 0 Å². The summed E-state index contributed by atoms with van der Waals surface area (Å²) in [4.78, 5) is 14.5. The number of rotatable bonds is 1. The van der Waals surface area contributed by atoms with Crippen LogP contribution in [0.1, 0.15) is 10.5 Å². The van der Waals surface area contributed by atoms with Gasteiger partial charge in [-0.25, -0.2) is 9.78 Å². The molecule has 13 heavy (non-hydrogen) atoms. The number of aromatic amines is 1. The van der Waals surface area contributed by atoms with E-state index < -0.39 is 5.97 Å². The third-order valence-electron chi connectivity index (χ3n) is 1.59. The van der Waals surface area contributed by atoms with Gasteiger partial charge in [-0.2, -0.15) is 5.10 Å². The molecule has 0 aliphatic heterocycles. The number of nitrogens with zero attached hydrogens (tertiary/aromatic N) is 2. The number of hydrogen-bond donors (Lipinski definition) is 2. The van der Waals surface area contributed by atoms with Crippen molar-refractivity contribution in [2.75, 3.05) is 0 Å². The van der Waals surface area contributed by atoms with Gasteiger partial charge in [-0.15, -0.1) is 0 Å². The summed E-state index contributed by atoms with van der Waals surface area (Å²) >= 11 is 5.66. The van der Waals surface area contributed by atoms with Gasteiger partial charge in [0, 0.05) is 6.20 Å². The maximum atomic E-state index is 10.6. The van der Waals surface area contributed by atoms with E-state index in [1.165, 1.54) is 12.3 Å². The van der Waals surface area contributed by atoms with Gasteiger partial charge in [0.1, 0.15) is 0 Å². The molecule has 2 heterocycles. The first kappa shape index (κ1) is 8.00. The molecular weight excluding hydrogens is 194 g/mol. The third kappa shape index (κ3) is 1.23. The van der Waals surface area contributed by atoms with Gasteiger partial charge in [0.15, 0.2) is 11.3 Å². The van der Waals surface area contributed by atoms with E-state index in [1.807, 2.05) is 0 Å². The average molecular weight is 198 g/mol. The topological polar surface area (TPSA) is 78.9 Å². The molecule has 2 N–H and O–H groups in total. The summed E-state index contributed by atoms with van der Waals surface area (Å²) < 4.78 is 0. The molecule has 0 fully saturated rings. The molecule has 0 aromatic carbocycles. The summed E-state index contributed by atoms with van der Waals surface area (Å²) in [6.07, 6.45) is 1.41. The fraction of sp³-hybridized carbons (Fsp3) is 0. The molecule has 2 aromatic rings. The maximum Gasteiger partial charge on any atom is 0.354 e. The lowest BCUT2D eigenvalue weighted by Gasteiger charge is -1.90. The standard InChI is InChI=1S/C7H4ClN3O2/c8-3-1-4-5(7(12)13)10-11-6(4)9-2-3/h1-2H,(H,12,13)(H,9,10,11). The van der Waals surface area contributed by atoms with Crippen LogP contribution in [0.5, 0.6) is 0 Å². The molecule has 0 radical (unpaired) electrons. The summed E-state index contributed by atoms with van der Waals surface area (Å²) in [6, 6.07) is 1.51. The van der Waals surface area contributed by atoms with Gasteiger partial charge in [-0.05, 0) is 6.07 Å². The number of H-pyrrole nitrogens is 1. The number of carboxylic acid groups (broad SMARTS) is 1. The highest BCUT2D eigenvalue weighted by Gasteiger charge is 2.12. The molecule has 0 bridgehead atoms. The van der Waals surface area contributed by atoms with Gasteiger partial charge < -0.3 is 5.11 Å². The number of aromatic carboxylic acids is 1. The smallest absolute Gasteiger partial charge is 0.354 e. The second kappa shape index (κ2) is 2.70. The van der Waals surface area contributed by atoms with E-state index in [-0.39, 0.29) is 5.69 Å². The number of aromatic nitrogens is 3. The summed E-state index contributed by atoms with van der Waals surface area (Å²) in [5.74, 6) is -1.08. The Kier molecular flexibility index (Phi) is 1.66. The van der Waals surface area contributed by atoms with Gasteiger partial charge in [-0.1, -0.05) is 11.6 Å². The van der Waals surface area contributed by atoms with Crippen molar-refractivity contribution in [3.05, 3.63) is 23.0 Å². The molecule has 0 aliphatic rings. The van der Waals surface area contributed by atoms with Crippen molar-refractivity contribution in [2.45, 2.75) is 0 Å². The second-order valence-corrected chi connectivity index (χ2v) is 2.86. The predicted molar refractivity (Wildman–Crippen MR) is 45.9 cm³/mol. The van der Waals surface area contributed by atoms with Crippen molar-refractivity contribution >= 4 is 28.6 Å². The lowest BCUT2D eigenvalue weighted by Crippen LogP contribution is -1.96. The number of nitrogens with one attached hydrogen (secondary N) is 1. The number of hydrogen-bond acceptors (Lipinski definition) is 3. The van der Waals surface area contributed by atoms with Crippen molar-refractivity contribution in [1.82, 2.24) is 15.2 Å². The molecule has 0 aliphatic carbocycles. The van der Waals surface area contributed by atoms with Crippen molar-refractivity contribution < 1.29 is 9.90 Å². The molecule has 2 rings (SSSR count). The Hall–Kier alpha value is -1.62. The summed E-state index contributed by atoms with van der Waals surface area (Å²) in [6.45, 7) is 0. The Bertz CT molecular complexity index is 480. The Morgan fingerprint density at radius 2 is 2.38 bits per heavy atom. The molecule has 66 valence electrons. The lowest BCUT2D eigenvalue weighted by molar-refractivity contribution is 0.0692. The normalized spacial score (nSPS) is 10.5. The zero-order valence-corrected chi connectivity index (χ0v) is 7.04. The molecule has 2 aromatic heterocycles. The molecule has 0 atom stereocenters. The van der Waals surface area contributed by atoms with E-state index >= 15 is 0 Å². The van der Waals surface area contributed by atoms with Crippen LogP contribution in [0.4, 0.5) is 0 Å². The van der Waals surface area contributed by atoms with Crippen molar-refractivity contribution in [3.63, 3.8) is 0 Å². The largest absolute Gasteiger partial charge is 0.477 e. The van der Waals surface area contributed by atoms with Crippen molar-refractivity contribution in [1.29, 1.82) is 0 Å². The van der Waals surface area contributed by atoms with Gasteiger partial charge in [0.05, 0.1) is 10.4 Å². The third-order valence-corrected chi connectivity index (χ3v) is 1.80. The number of carboxylic acids is 1. The maximum absolute atomic E-state index is 10.6. The monoisotopic (exact) mass is 197 g/mol. The highest BCUT2D eigenvalue weighted by molar-refractivity contribution is 6.31. The zero-order valence-electron chi connectivity index (χ0n) is 6.28. The first-order valence-electron chi connectivity index (χ1n) is 3.41. The molecule has 5 nitrogen and oxygen atoms in total. The first-order valence-corrected chi connectivity index (χ1v) is 3.79. The molecule has 6 heteroatoms. The Morgan fingerprint density at radius 1 is 1.62 bits per heavy atom. The molecular formula is C7H4ClN3O2. The van der Waals surface area contributed by atoms with Crippen LogP contribution >= 0.6 is 11.6 Å². The van der Waals surface area contributed by atoms with Crippen LogP contribution in [0, 0.1) is 0 Å². The minimum absolute atomic E-state index is 0.00463. The quantitative estimate of drug-likeness (QED) is 0.723. The van der Waals surface area contributed by atoms with Gasteiger partial charge in [-0.3, -0.25) is 5.10 Å². The van der Waals surface area contributed by atoms with E-state index in [2.05, 4.69) is 15.2 Å². The summed E-state index contributed by atoms with van der Waals surface area (Å²) in [5.41, 5.74) is 0.354. The molecule has 0 saturated heterocycles. The van der Waals surface area contributed by atoms with Crippen LogP contribution < -0.4 is 0 Å². The summed E-state index contributed by atoms with van der Waals surface area (Å²) in [5, 5.41) is 15.6. The van der Waals surface area contributed by atoms with Crippen LogP contribution in [-0.4, -0.2) is 26.3 Å². The minimum Gasteiger partial charge on any atom is -0.477 e. The first-order chi connectivity index (χ1) is 6.18. The van der Waals surface area contributed by atoms with E-state index in [1.54, 1.807) is 0 Å². The zero-order chi connectivity index (χ0) is 9.42. The van der Waals surface area contributed by atoms with Gasteiger partial charge >= 0.3 is 5.97 Å². The number of carbonyl (C=O) groups is 1. The van der Waals surface area contributed by atoms with Crippen LogP contribution in [0.15, 0.2) is 12.3 Å². The van der Waals surface area contributed by atoms with Crippen LogP contribution in [-0.2, 0) is 0 Å². The SMILES string of the molecule is O=C(O)c1[nH]nc2ncc(Cl)cc12. The number of fused-ring (bicyclic) bond motifs is 1. The fourth-order valence-electron chi connectivity index (χ4n) is 1.04. The van der Waals surface area contributed by atoms with E-state index in [4.69, 9.17) is 16.7 Å². The average Bonchev–Trinajstić information content (AvgIpc) is 2.46. The molecule has 0 unspecified atom stereocenters. The molecule has 0 spiro atoms. The Morgan fingerprint density at radius 3 is 3.08 bits per heavy atom. The highest BCUT2D eigenvalue weighted by Crippen LogP contribution is 2.17. The van der Waals surface area contributed by atoms with Gasteiger partial charge in [0.25, 0.3) is 0 Å². The second-order valence-electron chi connectivity index (χ2n) is 2.43. The van der Waals surface area contributed by atoms with E-state index in [0.29, 0.717) is 16.1 Å².